The first-order valence-electron chi connectivity index (χ1n) is 7.23. The third kappa shape index (κ3) is 3.36. The average molecular weight is 304 g/mol. The van der Waals surface area contributed by atoms with Gasteiger partial charge in [-0.15, -0.1) is 23.1 Å². The second-order valence-electron chi connectivity index (χ2n) is 5.29. The molecular weight excluding hydrogens is 284 g/mol. The number of rotatable bonds is 5. The maximum atomic E-state index is 4.16. The highest BCUT2D eigenvalue weighted by Gasteiger charge is 2.18. The maximum Gasteiger partial charge on any atom is 0.0795 e. The number of anilines is 1. The summed E-state index contributed by atoms with van der Waals surface area (Å²) in [5, 5.41) is 4.44. The number of aromatic nitrogens is 1. The van der Waals surface area contributed by atoms with Crippen molar-refractivity contribution in [3.05, 3.63) is 40.8 Å². The third-order valence-corrected chi connectivity index (χ3v) is 6.11. The second-order valence-corrected chi connectivity index (χ2v) is 7.55. The van der Waals surface area contributed by atoms with E-state index in [1.165, 1.54) is 41.1 Å². The quantitative estimate of drug-likeness (QED) is 0.806. The van der Waals surface area contributed by atoms with Gasteiger partial charge in [0.1, 0.15) is 0 Å². The van der Waals surface area contributed by atoms with Gasteiger partial charge in [-0.3, -0.25) is 4.98 Å². The number of hydrogen-bond acceptors (Lipinski definition) is 4. The van der Waals surface area contributed by atoms with E-state index in [1.807, 2.05) is 23.5 Å². The molecule has 1 aliphatic rings. The van der Waals surface area contributed by atoms with Gasteiger partial charge in [-0.1, -0.05) is 25.0 Å². The van der Waals surface area contributed by atoms with E-state index in [-0.39, 0.29) is 0 Å². The number of benzene rings is 1. The van der Waals surface area contributed by atoms with Gasteiger partial charge in [-0.05, 0) is 31.9 Å². The van der Waals surface area contributed by atoms with Crippen LogP contribution in [0.15, 0.2) is 40.9 Å². The van der Waals surface area contributed by atoms with E-state index in [0.29, 0.717) is 6.04 Å². The fourth-order valence-electron chi connectivity index (χ4n) is 2.62. The predicted octanol–water partition coefficient (Wildman–Crippen LogP) is 5.35. The van der Waals surface area contributed by atoms with E-state index in [9.17, 15) is 0 Å². The van der Waals surface area contributed by atoms with Gasteiger partial charge < -0.3 is 5.32 Å². The van der Waals surface area contributed by atoms with Crippen LogP contribution in [0.25, 0.3) is 0 Å². The molecule has 0 bridgehead atoms. The molecule has 1 heterocycles. The smallest absolute Gasteiger partial charge is 0.0795 e. The van der Waals surface area contributed by atoms with Crippen LogP contribution in [-0.2, 0) is 0 Å². The molecule has 1 fully saturated rings. The summed E-state index contributed by atoms with van der Waals surface area (Å²) in [7, 11) is 0. The zero-order valence-corrected chi connectivity index (χ0v) is 13.3. The summed E-state index contributed by atoms with van der Waals surface area (Å²) in [6.45, 7) is 2.20. The molecule has 20 heavy (non-hydrogen) atoms. The molecule has 1 aromatic carbocycles. The Balaban J connectivity index is 1.72. The normalized spacial score (nSPS) is 17.2. The Morgan fingerprint density at radius 3 is 2.85 bits per heavy atom. The van der Waals surface area contributed by atoms with Crippen LogP contribution in [0.4, 0.5) is 5.69 Å². The first-order chi connectivity index (χ1) is 9.83. The Kier molecular flexibility index (Phi) is 4.63. The number of hydrogen-bond donors (Lipinski definition) is 1. The van der Waals surface area contributed by atoms with Gasteiger partial charge in [-0.2, -0.15) is 0 Å². The number of nitrogens with one attached hydrogen (secondary N) is 1. The van der Waals surface area contributed by atoms with Crippen LogP contribution in [0.2, 0.25) is 0 Å². The fourth-order valence-corrected chi connectivity index (χ4v) is 4.59. The topological polar surface area (TPSA) is 24.9 Å². The van der Waals surface area contributed by atoms with Crippen molar-refractivity contribution in [2.45, 2.75) is 48.8 Å². The number of thiazole rings is 1. The minimum Gasteiger partial charge on any atom is -0.377 e. The molecule has 4 heteroatoms. The van der Waals surface area contributed by atoms with E-state index in [2.05, 4.69) is 41.5 Å². The number of para-hydroxylation sites is 1. The van der Waals surface area contributed by atoms with Crippen LogP contribution < -0.4 is 5.32 Å². The SMILES string of the molecule is CC(Nc1ccccc1SC1CCCC1)c1cncs1. The first kappa shape index (κ1) is 14.0. The molecule has 1 atom stereocenters. The average Bonchev–Trinajstić information content (AvgIpc) is 3.13. The molecule has 1 aromatic heterocycles. The minimum atomic E-state index is 0.313. The van der Waals surface area contributed by atoms with Gasteiger partial charge in [-0.25, -0.2) is 0 Å². The second kappa shape index (κ2) is 6.64. The third-order valence-electron chi connectivity index (χ3n) is 3.73. The van der Waals surface area contributed by atoms with Gasteiger partial charge in [0.25, 0.3) is 0 Å². The molecule has 3 rings (SSSR count). The Morgan fingerprint density at radius 2 is 2.10 bits per heavy atom. The van der Waals surface area contributed by atoms with Gasteiger partial charge in [0.05, 0.1) is 11.6 Å². The monoisotopic (exact) mass is 304 g/mol. The Hall–Kier alpha value is -1.00. The van der Waals surface area contributed by atoms with Crippen LogP contribution in [-0.4, -0.2) is 10.2 Å². The van der Waals surface area contributed by atoms with E-state index in [1.54, 1.807) is 11.3 Å². The van der Waals surface area contributed by atoms with Crippen LogP contribution in [0.5, 0.6) is 0 Å². The maximum absolute atomic E-state index is 4.16. The molecule has 1 saturated carbocycles. The highest BCUT2D eigenvalue weighted by Crippen LogP contribution is 2.39. The van der Waals surface area contributed by atoms with Crippen molar-refractivity contribution in [2.75, 3.05) is 5.32 Å². The van der Waals surface area contributed by atoms with Gasteiger partial charge in [0, 0.05) is 26.9 Å². The van der Waals surface area contributed by atoms with Crippen LogP contribution in [0.1, 0.15) is 43.5 Å². The standard InChI is InChI=1S/C16H20N2S2/c1-12(16-10-17-11-19-16)18-14-8-4-5-9-15(14)20-13-6-2-3-7-13/h4-5,8-13,18H,2-3,6-7H2,1H3. The molecule has 1 N–H and O–H groups in total. The van der Waals surface area contributed by atoms with Crippen molar-refractivity contribution in [1.29, 1.82) is 0 Å². The fraction of sp³-hybridized carbons (Fsp3) is 0.438. The zero-order valence-electron chi connectivity index (χ0n) is 11.7. The lowest BCUT2D eigenvalue weighted by Gasteiger charge is -2.18. The summed E-state index contributed by atoms with van der Waals surface area (Å²) in [4.78, 5) is 6.83. The molecule has 1 aliphatic carbocycles. The summed E-state index contributed by atoms with van der Waals surface area (Å²) in [5.41, 5.74) is 3.15. The minimum absolute atomic E-state index is 0.313. The van der Waals surface area contributed by atoms with Crippen LogP contribution >= 0.6 is 23.1 Å². The highest BCUT2D eigenvalue weighted by molar-refractivity contribution is 8.00. The largest absolute Gasteiger partial charge is 0.377 e. The predicted molar refractivity (Wildman–Crippen MR) is 88.7 cm³/mol. The molecule has 2 nitrogen and oxygen atoms in total. The van der Waals surface area contributed by atoms with Crippen molar-refractivity contribution in [1.82, 2.24) is 4.98 Å². The van der Waals surface area contributed by atoms with Crippen molar-refractivity contribution in [3.8, 4) is 0 Å². The zero-order chi connectivity index (χ0) is 13.8. The van der Waals surface area contributed by atoms with Crippen molar-refractivity contribution in [2.24, 2.45) is 0 Å². The van der Waals surface area contributed by atoms with E-state index >= 15 is 0 Å². The summed E-state index contributed by atoms with van der Waals surface area (Å²) >= 11 is 3.75. The van der Waals surface area contributed by atoms with Gasteiger partial charge in [0.15, 0.2) is 0 Å². The molecule has 1 unspecified atom stereocenters. The van der Waals surface area contributed by atoms with Gasteiger partial charge >= 0.3 is 0 Å². The molecule has 106 valence electrons. The van der Waals surface area contributed by atoms with Crippen LogP contribution in [0, 0.1) is 0 Å². The molecule has 0 spiro atoms. The lowest BCUT2D eigenvalue weighted by atomic mass is 10.2. The lowest BCUT2D eigenvalue weighted by molar-refractivity contribution is 0.886. The molecule has 2 aromatic rings. The molecule has 0 amide bonds. The number of thioether (sulfide) groups is 1. The lowest BCUT2D eigenvalue weighted by Crippen LogP contribution is -2.06. The van der Waals surface area contributed by atoms with E-state index in [4.69, 9.17) is 0 Å². The van der Waals surface area contributed by atoms with Crippen LogP contribution in [0.3, 0.4) is 0 Å². The van der Waals surface area contributed by atoms with Gasteiger partial charge in [0.2, 0.25) is 0 Å². The summed E-state index contributed by atoms with van der Waals surface area (Å²) in [6.07, 6.45) is 7.47. The molecule has 0 saturated heterocycles. The van der Waals surface area contributed by atoms with Crippen molar-refractivity contribution < 1.29 is 0 Å². The number of nitrogens with zero attached hydrogens (tertiary/aromatic N) is 1. The molecule has 0 radical (unpaired) electrons. The summed E-state index contributed by atoms with van der Waals surface area (Å²) in [6, 6.07) is 8.99. The Morgan fingerprint density at radius 1 is 1.30 bits per heavy atom. The Labute approximate surface area is 129 Å². The van der Waals surface area contributed by atoms with Crippen molar-refractivity contribution >= 4 is 28.8 Å². The molecule has 0 aliphatic heterocycles. The Bertz CT molecular complexity index is 533. The first-order valence-corrected chi connectivity index (χ1v) is 8.99. The highest BCUT2D eigenvalue weighted by atomic mass is 32.2. The van der Waals surface area contributed by atoms with E-state index < -0.39 is 0 Å². The van der Waals surface area contributed by atoms with Crippen molar-refractivity contribution in [3.63, 3.8) is 0 Å². The summed E-state index contributed by atoms with van der Waals surface area (Å²) < 4.78 is 0. The molecular formula is C16H20N2S2. The van der Waals surface area contributed by atoms with E-state index in [0.717, 1.165) is 5.25 Å². The summed E-state index contributed by atoms with van der Waals surface area (Å²) in [5.74, 6) is 0.